The third kappa shape index (κ3) is 3.96. The van der Waals surface area contributed by atoms with E-state index >= 15 is 0 Å². The molecule has 0 aliphatic carbocycles. The number of nitrogens with zero attached hydrogens (tertiary/aromatic N) is 2. The molecule has 0 saturated carbocycles. The van der Waals surface area contributed by atoms with Crippen molar-refractivity contribution < 1.29 is 9.21 Å². The molecule has 5 nitrogen and oxygen atoms in total. The van der Waals surface area contributed by atoms with Crippen molar-refractivity contribution in [1.82, 2.24) is 15.5 Å². The van der Waals surface area contributed by atoms with E-state index in [1.54, 1.807) is 6.08 Å². The van der Waals surface area contributed by atoms with Crippen molar-refractivity contribution >= 4 is 17.7 Å². The number of carbonyl (C=O) groups is 1. The van der Waals surface area contributed by atoms with Crippen LogP contribution in [0.4, 0.5) is 0 Å². The minimum atomic E-state index is -0.0926. The van der Waals surface area contributed by atoms with Crippen LogP contribution in [0.1, 0.15) is 5.56 Å². The highest BCUT2D eigenvalue weighted by Gasteiger charge is 2.10. The molecular weight excluding hydrogens is 274 g/mol. The molecule has 1 aromatic carbocycles. The second-order valence-electron chi connectivity index (χ2n) is 4.12. The van der Waals surface area contributed by atoms with E-state index < -0.39 is 0 Å². The average Bonchev–Trinajstić information content (AvgIpc) is 2.92. The number of carbonyl (C=O) groups excluding carboxylic acids is 1. The Balaban J connectivity index is 1.94. The van der Waals surface area contributed by atoms with E-state index in [4.69, 9.17) is 4.42 Å². The van der Waals surface area contributed by atoms with Crippen molar-refractivity contribution in [3.8, 4) is 11.5 Å². The van der Waals surface area contributed by atoms with Gasteiger partial charge in [-0.1, -0.05) is 35.5 Å². The lowest BCUT2D eigenvalue weighted by molar-refractivity contribution is -0.118. The van der Waals surface area contributed by atoms with Gasteiger partial charge in [0, 0.05) is 12.1 Å². The standard InChI is InChI=1S/C14H15N3O2S/c1-3-8-15-12(18)9-20-14-17-16-13(19-14)11-6-4-10(2)5-7-11/h3-7H,1,8-9H2,2H3,(H,15,18). The lowest BCUT2D eigenvalue weighted by Crippen LogP contribution is -2.24. The molecule has 104 valence electrons. The molecule has 1 aromatic heterocycles. The second-order valence-corrected chi connectivity index (χ2v) is 5.05. The molecule has 2 rings (SSSR count). The molecule has 0 atom stereocenters. The smallest absolute Gasteiger partial charge is 0.277 e. The number of aryl methyl sites for hydroxylation is 1. The van der Waals surface area contributed by atoms with Gasteiger partial charge in [0.2, 0.25) is 11.8 Å². The van der Waals surface area contributed by atoms with Gasteiger partial charge in [-0.2, -0.15) is 0 Å². The Morgan fingerprint density at radius 2 is 2.15 bits per heavy atom. The van der Waals surface area contributed by atoms with Crippen LogP contribution in [0.25, 0.3) is 11.5 Å². The average molecular weight is 289 g/mol. The van der Waals surface area contributed by atoms with E-state index in [1.165, 1.54) is 17.3 Å². The third-order valence-electron chi connectivity index (χ3n) is 2.48. The summed E-state index contributed by atoms with van der Waals surface area (Å²) in [6.07, 6.45) is 1.63. The van der Waals surface area contributed by atoms with Gasteiger partial charge in [-0.25, -0.2) is 0 Å². The summed E-state index contributed by atoms with van der Waals surface area (Å²) in [5.74, 6) is 0.604. The normalized spacial score (nSPS) is 10.2. The Bertz CT molecular complexity index is 593. The van der Waals surface area contributed by atoms with E-state index in [2.05, 4.69) is 22.1 Å². The van der Waals surface area contributed by atoms with Crippen molar-refractivity contribution in [2.24, 2.45) is 0 Å². The van der Waals surface area contributed by atoms with Gasteiger partial charge in [0.05, 0.1) is 5.75 Å². The highest BCUT2D eigenvalue weighted by Crippen LogP contribution is 2.23. The maximum atomic E-state index is 11.4. The first kappa shape index (κ1) is 14.3. The summed E-state index contributed by atoms with van der Waals surface area (Å²) >= 11 is 1.21. The Hall–Kier alpha value is -2.08. The van der Waals surface area contributed by atoms with E-state index in [0.717, 1.165) is 5.56 Å². The van der Waals surface area contributed by atoms with Crippen LogP contribution in [0, 0.1) is 6.92 Å². The monoisotopic (exact) mass is 289 g/mol. The number of amides is 1. The van der Waals surface area contributed by atoms with Crippen molar-refractivity contribution in [2.75, 3.05) is 12.3 Å². The zero-order valence-electron chi connectivity index (χ0n) is 11.1. The fraction of sp³-hybridized carbons (Fsp3) is 0.214. The van der Waals surface area contributed by atoms with Crippen LogP contribution >= 0.6 is 11.8 Å². The molecule has 0 fully saturated rings. The zero-order chi connectivity index (χ0) is 14.4. The van der Waals surface area contributed by atoms with E-state index in [-0.39, 0.29) is 11.7 Å². The maximum absolute atomic E-state index is 11.4. The van der Waals surface area contributed by atoms with Gasteiger partial charge in [-0.15, -0.1) is 16.8 Å². The summed E-state index contributed by atoms with van der Waals surface area (Å²) in [5, 5.41) is 10.9. The fourth-order valence-electron chi connectivity index (χ4n) is 1.45. The van der Waals surface area contributed by atoms with Crippen molar-refractivity contribution in [3.05, 3.63) is 42.5 Å². The number of nitrogens with one attached hydrogen (secondary N) is 1. The fourth-order valence-corrected chi connectivity index (χ4v) is 2.04. The van der Waals surface area contributed by atoms with Gasteiger partial charge in [-0.05, 0) is 19.1 Å². The number of thioether (sulfide) groups is 1. The van der Waals surface area contributed by atoms with E-state index in [9.17, 15) is 4.79 Å². The van der Waals surface area contributed by atoms with Crippen LogP contribution < -0.4 is 5.32 Å². The van der Waals surface area contributed by atoms with Crippen LogP contribution in [-0.2, 0) is 4.79 Å². The van der Waals surface area contributed by atoms with E-state index in [0.29, 0.717) is 17.7 Å². The van der Waals surface area contributed by atoms with Gasteiger partial charge in [0.15, 0.2) is 0 Å². The molecule has 0 spiro atoms. The summed E-state index contributed by atoms with van der Waals surface area (Å²) in [7, 11) is 0. The Morgan fingerprint density at radius 3 is 2.85 bits per heavy atom. The highest BCUT2D eigenvalue weighted by atomic mass is 32.2. The quantitative estimate of drug-likeness (QED) is 0.653. The maximum Gasteiger partial charge on any atom is 0.277 e. The summed E-state index contributed by atoms with van der Waals surface area (Å²) in [4.78, 5) is 11.4. The van der Waals surface area contributed by atoms with E-state index in [1.807, 2.05) is 31.2 Å². The molecule has 0 aliphatic heterocycles. The number of hydrogen-bond donors (Lipinski definition) is 1. The highest BCUT2D eigenvalue weighted by molar-refractivity contribution is 7.99. The van der Waals surface area contributed by atoms with Gasteiger partial charge in [-0.3, -0.25) is 4.79 Å². The molecule has 0 bridgehead atoms. The molecule has 0 saturated heterocycles. The molecular formula is C14H15N3O2S. The topological polar surface area (TPSA) is 68.0 Å². The molecule has 20 heavy (non-hydrogen) atoms. The first-order valence-electron chi connectivity index (χ1n) is 6.10. The number of rotatable bonds is 6. The molecule has 0 aliphatic rings. The van der Waals surface area contributed by atoms with Crippen molar-refractivity contribution in [2.45, 2.75) is 12.1 Å². The molecule has 2 aromatic rings. The molecule has 0 unspecified atom stereocenters. The molecule has 6 heteroatoms. The first-order chi connectivity index (χ1) is 9.69. The Morgan fingerprint density at radius 1 is 1.40 bits per heavy atom. The second kappa shape index (κ2) is 6.91. The lowest BCUT2D eigenvalue weighted by atomic mass is 10.1. The predicted molar refractivity (Wildman–Crippen MR) is 78.4 cm³/mol. The third-order valence-corrected chi connectivity index (χ3v) is 3.29. The van der Waals surface area contributed by atoms with Crippen molar-refractivity contribution in [3.63, 3.8) is 0 Å². The summed E-state index contributed by atoms with van der Waals surface area (Å²) in [6, 6.07) is 7.81. The van der Waals surface area contributed by atoms with Gasteiger partial charge >= 0.3 is 0 Å². The molecule has 1 N–H and O–H groups in total. The van der Waals surface area contributed by atoms with Crippen LogP contribution in [-0.4, -0.2) is 28.4 Å². The summed E-state index contributed by atoms with van der Waals surface area (Å²) in [6.45, 7) is 6.00. The van der Waals surface area contributed by atoms with Crippen LogP contribution in [0.5, 0.6) is 0 Å². The van der Waals surface area contributed by atoms with Gasteiger partial charge < -0.3 is 9.73 Å². The zero-order valence-corrected chi connectivity index (χ0v) is 11.9. The molecule has 0 radical (unpaired) electrons. The largest absolute Gasteiger partial charge is 0.411 e. The number of benzene rings is 1. The lowest BCUT2D eigenvalue weighted by Gasteiger charge is -1.99. The Labute approximate surface area is 121 Å². The molecule has 1 heterocycles. The Kier molecular flexibility index (Phi) is 4.95. The summed E-state index contributed by atoms with van der Waals surface area (Å²) in [5.41, 5.74) is 2.04. The number of hydrogen-bond acceptors (Lipinski definition) is 5. The van der Waals surface area contributed by atoms with Gasteiger partial charge in [0.1, 0.15) is 0 Å². The van der Waals surface area contributed by atoms with Gasteiger partial charge in [0.25, 0.3) is 5.22 Å². The minimum absolute atomic E-state index is 0.0926. The molecule has 1 amide bonds. The summed E-state index contributed by atoms with van der Waals surface area (Å²) < 4.78 is 5.51. The SMILES string of the molecule is C=CCNC(=O)CSc1nnc(-c2ccc(C)cc2)o1. The first-order valence-corrected chi connectivity index (χ1v) is 7.08. The van der Waals surface area contributed by atoms with Crippen LogP contribution in [0.15, 0.2) is 46.6 Å². The number of aromatic nitrogens is 2. The minimum Gasteiger partial charge on any atom is -0.411 e. The van der Waals surface area contributed by atoms with Crippen molar-refractivity contribution in [1.29, 1.82) is 0 Å². The van der Waals surface area contributed by atoms with Crippen LogP contribution in [0.2, 0.25) is 0 Å². The van der Waals surface area contributed by atoms with Crippen LogP contribution in [0.3, 0.4) is 0 Å². The predicted octanol–water partition coefficient (Wildman–Crippen LogP) is 2.44.